The van der Waals surface area contributed by atoms with Crippen LogP contribution in [0.5, 0.6) is 0 Å². The lowest BCUT2D eigenvalue weighted by atomic mass is 9.58. The second-order valence-corrected chi connectivity index (χ2v) is 15.1. The van der Waals surface area contributed by atoms with E-state index in [9.17, 15) is 0 Å². The maximum Gasteiger partial charge on any atom is 0.0551 e. The van der Waals surface area contributed by atoms with Crippen molar-refractivity contribution in [1.82, 2.24) is 9.55 Å². The topological polar surface area (TPSA) is 24.0 Å². The zero-order chi connectivity index (χ0) is 34.2. The Labute approximate surface area is 299 Å². The molecule has 0 amide bonds. The van der Waals surface area contributed by atoms with Gasteiger partial charge >= 0.3 is 0 Å². The summed E-state index contributed by atoms with van der Waals surface area (Å²) in [5.41, 5.74) is 12.5. The fourth-order valence-corrected chi connectivity index (χ4v) is 9.68. The number of aromatic nitrogens is 2. The first kappa shape index (κ1) is 30.1. The predicted molar refractivity (Wildman–Crippen MR) is 214 cm³/mol. The van der Waals surface area contributed by atoms with Crippen LogP contribution in [0.25, 0.3) is 55.6 Å². The summed E-state index contributed by atoms with van der Waals surface area (Å²) in [5, 5.41) is 2.60. The maximum atomic E-state index is 3.62. The summed E-state index contributed by atoms with van der Waals surface area (Å²) < 4.78 is 2.43. The molecule has 4 atom stereocenters. The van der Waals surface area contributed by atoms with Crippen LogP contribution < -0.4 is 4.90 Å². The zero-order valence-electron chi connectivity index (χ0n) is 29.1. The van der Waals surface area contributed by atoms with Crippen LogP contribution in [0.2, 0.25) is 0 Å². The molecule has 3 heterocycles. The van der Waals surface area contributed by atoms with Crippen LogP contribution in [-0.2, 0) is 0 Å². The van der Waals surface area contributed by atoms with Crippen LogP contribution in [0.3, 0.4) is 0 Å². The summed E-state index contributed by atoms with van der Waals surface area (Å²) in [4.78, 5) is 6.35. The highest BCUT2D eigenvalue weighted by Gasteiger charge is 2.63. The van der Waals surface area contributed by atoms with Gasteiger partial charge in [0.05, 0.1) is 17.1 Å². The van der Waals surface area contributed by atoms with Gasteiger partial charge in [0.1, 0.15) is 0 Å². The molecule has 3 nitrogen and oxygen atoms in total. The highest BCUT2D eigenvalue weighted by molar-refractivity contribution is 6.10. The molecule has 4 unspecified atom stereocenters. The quantitative estimate of drug-likeness (QED) is 0.195. The van der Waals surface area contributed by atoms with Crippen LogP contribution in [0, 0.1) is 11.3 Å². The number of hydrogen-bond donors (Lipinski definition) is 1. The molecule has 10 rings (SSSR count). The molecule has 0 bridgehead atoms. The molecule has 5 aromatic carbocycles. The van der Waals surface area contributed by atoms with Gasteiger partial charge in [-0.15, -0.1) is 0 Å². The van der Waals surface area contributed by atoms with E-state index in [0.717, 1.165) is 24.2 Å². The molecule has 2 aromatic heterocycles. The molecule has 1 saturated heterocycles. The minimum atomic E-state index is 0.00172. The van der Waals surface area contributed by atoms with E-state index < -0.39 is 0 Å². The Kier molecular flexibility index (Phi) is 6.70. The molecule has 0 saturated carbocycles. The monoisotopic (exact) mass is 659 g/mol. The van der Waals surface area contributed by atoms with Crippen molar-refractivity contribution in [3.8, 4) is 28.2 Å². The number of nitrogens with zero attached hydrogens (tertiary/aromatic N) is 2. The summed E-state index contributed by atoms with van der Waals surface area (Å²) in [7, 11) is 0. The third-order valence-electron chi connectivity index (χ3n) is 12.5. The number of fused-ring (bicyclic) bond motifs is 6. The first-order valence-corrected chi connectivity index (χ1v) is 18.3. The number of benzene rings is 5. The number of aromatic amines is 1. The molecule has 0 spiro atoms. The van der Waals surface area contributed by atoms with Gasteiger partial charge in [-0.3, -0.25) is 0 Å². The Morgan fingerprint density at radius 1 is 0.588 bits per heavy atom. The average Bonchev–Trinajstić information content (AvgIpc) is 3.86. The van der Waals surface area contributed by atoms with Gasteiger partial charge in [-0.2, -0.15) is 0 Å². The van der Waals surface area contributed by atoms with Crippen molar-refractivity contribution < 1.29 is 0 Å². The minimum absolute atomic E-state index is 0.00172. The number of anilines is 1. The number of para-hydroxylation sites is 2. The lowest BCUT2D eigenvalue weighted by Crippen LogP contribution is -2.53. The van der Waals surface area contributed by atoms with Crippen molar-refractivity contribution in [2.45, 2.75) is 38.3 Å². The van der Waals surface area contributed by atoms with Gasteiger partial charge in [0.25, 0.3) is 0 Å². The number of rotatable bonds is 5. The van der Waals surface area contributed by atoms with Crippen LogP contribution in [-0.4, -0.2) is 21.1 Å². The van der Waals surface area contributed by atoms with Gasteiger partial charge in [-0.25, -0.2) is 0 Å². The highest BCUT2D eigenvalue weighted by Crippen LogP contribution is 2.62. The smallest absolute Gasteiger partial charge is 0.0551 e. The zero-order valence-corrected chi connectivity index (χ0v) is 29.1. The lowest BCUT2D eigenvalue weighted by molar-refractivity contribution is 0.159. The molecule has 1 fully saturated rings. The fourth-order valence-electron chi connectivity index (χ4n) is 9.68. The van der Waals surface area contributed by atoms with E-state index in [1.807, 2.05) is 0 Å². The summed E-state index contributed by atoms with van der Waals surface area (Å²) >= 11 is 0. The second-order valence-electron chi connectivity index (χ2n) is 15.1. The molecule has 0 radical (unpaired) electrons. The molecule has 1 N–H and O–H groups in total. The van der Waals surface area contributed by atoms with Crippen molar-refractivity contribution in [3.05, 3.63) is 175 Å². The van der Waals surface area contributed by atoms with E-state index in [2.05, 4.69) is 198 Å². The van der Waals surface area contributed by atoms with Crippen LogP contribution >= 0.6 is 0 Å². The summed E-state index contributed by atoms with van der Waals surface area (Å²) in [6, 6.07) is 51.3. The molecule has 7 aromatic rings. The summed E-state index contributed by atoms with van der Waals surface area (Å²) in [5.74, 6) is 0.445. The molecular formula is C48H41N3. The Morgan fingerprint density at radius 3 is 2.02 bits per heavy atom. The van der Waals surface area contributed by atoms with Gasteiger partial charge in [-0.1, -0.05) is 122 Å². The molecule has 2 aliphatic carbocycles. The molecule has 51 heavy (non-hydrogen) atoms. The van der Waals surface area contributed by atoms with Crippen LogP contribution in [0.4, 0.5) is 5.69 Å². The molecule has 248 valence electrons. The molecule has 3 aliphatic rings. The van der Waals surface area contributed by atoms with E-state index in [1.165, 1.54) is 55.4 Å². The third-order valence-corrected chi connectivity index (χ3v) is 12.5. The first-order chi connectivity index (χ1) is 25.0. The van der Waals surface area contributed by atoms with Gasteiger partial charge in [0.15, 0.2) is 0 Å². The normalized spacial score (nSPS) is 23.8. The van der Waals surface area contributed by atoms with E-state index in [-0.39, 0.29) is 11.0 Å². The molecule has 1 aliphatic heterocycles. The summed E-state index contributed by atoms with van der Waals surface area (Å²) in [6.45, 7) is 5.06. The SMILES string of the molecule is CC12CC(c3ccc4c(c3)c3ccccc3n4-c3ccc(-c4ccc(-c5ccccc5)[nH]4)cc3)=CCC1(C)N(c1ccccc1)C1C=CC=CC12. The fraction of sp³-hybridized carbons (Fsp3) is 0.167. The maximum absolute atomic E-state index is 3.62. The van der Waals surface area contributed by atoms with Gasteiger partial charge in [-0.05, 0) is 96.6 Å². The Hall–Kier alpha value is -5.80. The number of nitrogens with one attached hydrogen (secondary N) is 1. The van der Waals surface area contributed by atoms with E-state index in [1.54, 1.807) is 0 Å². The van der Waals surface area contributed by atoms with Crippen molar-refractivity contribution in [2.75, 3.05) is 4.90 Å². The Morgan fingerprint density at radius 2 is 1.24 bits per heavy atom. The average molecular weight is 660 g/mol. The van der Waals surface area contributed by atoms with Gasteiger partial charge in [0.2, 0.25) is 0 Å². The van der Waals surface area contributed by atoms with E-state index >= 15 is 0 Å². The van der Waals surface area contributed by atoms with E-state index in [0.29, 0.717) is 12.0 Å². The van der Waals surface area contributed by atoms with Crippen molar-refractivity contribution >= 4 is 33.1 Å². The Balaban J connectivity index is 1.02. The molecule has 3 heteroatoms. The van der Waals surface area contributed by atoms with Crippen molar-refractivity contribution in [3.63, 3.8) is 0 Å². The largest absolute Gasteiger partial charge is 0.358 e. The van der Waals surface area contributed by atoms with E-state index in [4.69, 9.17) is 0 Å². The lowest BCUT2D eigenvalue weighted by Gasteiger charge is -2.50. The van der Waals surface area contributed by atoms with Crippen LogP contribution in [0.15, 0.2) is 170 Å². The third kappa shape index (κ3) is 4.50. The number of H-pyrrole nitrogens is 1. The second kappa shape index (κ2) is 11.4. The van der Waals surface area contributed by atoms with Crippen LogP contribution in [0.1, 0.15) is 32.3 Å². The first-order valence-electron chi connectivity index (χ1n) is 18.3. The Bertz CT molecular complexity index is 2510. The standard InChI is InChI=1S/C48H41N3/c1-47-32-36(29-30-48(47,2)51(38-15-7-4-8-16-38)46-20-12-10-18-41(46)47)35-23-28-45-40(31-35)39-17-9-11-19-44(39)50(45)37-24-21-34(22-25-37)43-27-26-42(49-43)33-13-5-3-6-14-33/h3-29,31,41,46,49H,30,32H2,1-2H3. The predicted octanol–water partition coefficient (Wildman–Crippen LogP) is 12.0. The molecular weight excluding hydrogens is 619 g/mol. The summed E-state index contributed by atoms with van der Waals surface area (Å²) in [6.07, 6.45) is 14.0. The van der Waals surface area contributed by atoms with Crippen molar-refractivity contribution in [1.29, 1.82) is 0 Å². The highest BCUT2D eigenvalue weighted by atomic mass is 15.3. The van der Waals surface area contributed by atoms with Gasteiger partial charge < -0.3 is 14.5 Å². The minimum Gasteiger partial charge on any atom is -0.358 e. The number of allylic oxidation sites excluding steroid dienone is 3. The van der Waals surface area contributed by atoms with Crippen molar-refractivity contribution in [2.24, 2.45) is 11.3 Å². The number of hydrogen-bond acceptors (Lipinski definition) is 1. The van der Waals surface area contributed by atoms with Gasteiger partial charge in [0, 0.05) is 50.4 Å².